The lowest BCUT2D eigenvalue weighted by molar-refractivity contribution is 0.177. The van der Waals surface area contributed by atoms with E-state index in [0.717, 1.165) is 42.3 Å². The molecule has 1 saturated heterocycles. The van der Waals surface area contributed by atoms with Crippen LogP contribution in [-0.2, 0) is 24.6 Å². The molecule has 1 fully saturated rings. The van der Waals surface area contributed by atoms with Crippen molar-refractivity contribution in [3.8, 4) is 0 Å². The number of hydrogen-bond acceptors (Lipinski definition) is 3. The molecule has 4 nitrogen and oxygen atoms in total. The summed E-state index contributed by atoms with van der Waals surface area (Å²) in [6.45, 7) is 3.40. The van der Waals surface area contributed by atoms with Gasteiger partial charge in [0.25, 0.3) is 0 Å². The Labute approximate surface area is 101 Å². The Kier molecular flexibility index (Phi) is 3.24. The lowest BCUT2D eigenvalue weighted by Crippen LogP contribution is -2.43. The maximum absolute atomic E-state index is 6.29. The number of hydrogen-bond donors (Lipinski definition) is 1. The fraction of sp³-hybridized carbons (Fsp3) is 0.727. The molecule has 1 atom stereocenters. The van der Waals surface area contributed by atoms with Gasteiger partial charge in [-0.3, -0.25) is 4.68 Å². The molecule has 0 aliphatic carbocycles. The minimum atomic E-state index is -0.275. The second-order valence-corrected chi connectivity index (χ2v) is 4.90. The van der Waals surface area contributed by atoms with E-state index in [2.05, 4.69) is 12.0 Å². The molecule has 0 spiro atoms. The highest BCUT2D eigenvalue weighted by atomic mass is 35.5. The minimum absolute atomic E-state index is 0.275. The molecule has 5 heteroatoms. The first kappa shape index (κ1) is 11.9. The number of rotatable bonds is 3. The van der Waals surface area contributed by atoms with Crippen molar-refractivity contribution in [1.29, 1.82) is 0 Å². The maximum atomic E-state index is 6.29. The van der Waals surface area contributed by atoms with Crippen LogP contribution < -0.4 is 5.73 Å². The molecule has 1 aliphatic rings. The van der Waals surface area contributed by atoms with Gasteiger partial charge in [-0.05, 0) is 12.8 Å². The van der Waals surface area contributed by atoms with E-state index in [4.69, 9.17) is 22.1 Å². The summed E-state index contributed by atoms with van der Waals surface area (Å²) in [5, 5.41) is 5.16. The van der Waals surface area contributed by atoms with Crippen molar-refractivity contribution in [2.75, 3.05) is 13.2 Å². The molecule has 2 rings (SSSR count). The Bertz CT molecular complexity index is 383. The topological polar surface area (TPSA) is 53.1 Å². The molecule has 1 aromatic rings. The van der Waals surface area contributed by atoms with E-state index in [1.807, 2.05) is 11.7 Å². The van der Waals surface area contributed by atoms with Gasteiger partial charge in [-0.1, -0.05) is 18.5 Å². The molecule has 1 aromatic heterocycles. The van der Waals surface area contributed by atoms with Crippen LogP contribution in [0.15, 0.2) is 0 Å². The fourth-order valence-corrected chi connectivity index (χ4v) is 2.47. The Balaban J connectivity index is 2.23. The number of aromatic nitrogens is 2. The second-order valence-electron chi connectivity index (χ2n) is 4.53. The van der Waals surface area contributed by atoms with Crippen LogP contribution in [0.2, 0.25) is 5.02 Å². The molecule has 0 saturated carbocycles. The Morgan fingerprint density at radius 3 is 2.88 bits per heavy atom. The lowest BCUT2D eigenvalue weighted by Gasteiger charge is -2.21. The van der Waals surface area contributed by atoms with Crippen LogP contribution in [0.1, 0.15) is 24.7 Å². The monoisotopic (exact) mass is 243 g/mol. The van der Waals surface area contributed by atoms with E-state index in [0.29, 0.717) is 6.61 Å². The van der Waals surface area contributed by atoms with E-state index in [9.17, 15) is 0 Å². The maximum Gasteiger partial charge on any atom is 0.0850 e. The fourth-order valence-electron chi connectivity index (χ4n) is 2.11. The van der Waals surface area contributed by atoms with Gasteiger partial charge in [-0.25, -0.2) is 0 Å². The smallest absolute Gasteiger partial charge is 0.0850 e. The van der Waals surface area contributed by atoms with E-state index >= 15 is 0 Å². The van der Waals surface area contributed by atoms with Gasteiger partial charge >= 0.3 is 0 Å². The average Bonchev–Trinajstić information content (AvgIpc) is 2.78. The van der Waals surface area contributed by atoms with Crippen molar-refractivity contribution in [2.45, 2.75) is 31.7 Å². The zero-order valence-electron chi connectivity index (χ0n) is 9.79. The van der Waals surface area contributed by atoms with Crippen LogP contribution in [0, 0.1) is 0 Å². The summed E-state index contributed by atoms with van der Waals surface area (Å²) in [6.07, 6.45) is 2.46. The molecule has 0 bridgehead atoms. The number of aryl methyl sites for hydroxylation is 2. The minimum Gasteiger partial charge on any atom is -0.379 e. The standard InChI is InChI=1S/C11H18ClN3O/c1-3-8-10(12)9(15(2)14-8)6-11(13)4-5-16-7-11/h3-7,13H2,1-2H3. The van der Waals surface area contributed by atoms with Crippen LogP contribution in [-0.4, -0.2) is 28.5 Å². The number of ether oxygens (including phenoxy) is 1. The zero-order valence-corrected chi connectivity index (χ0v) is 10.5. The summed E-state index contributed by atoms with van der Waals surface area (Å²) < 4.78 is 7.19. The SMILES string of the molecule is CCc1nn(C)c(CC2(N)CCOC2)c1Cl. The van der Waals surface area contributed by atoms with Crippen molar-refractivity contribution >= 4 is 11.6 Å². The number of nitrogens with two attached hydrogens (primary N) is 1. The molecule has 0 amide bonds. The summed E-state index contributed by atoms with van der Waals surface area (Å²) >= 11 is 6.29. The van der Waals surface area contributed by atoms with Crippen LogP contribution in [0.25, 0.3) is 0 Å². The largest absolute Gasteiger partial charge is 0.379 e. The lowest BCUT2D eigenvalue weighted by atomic mass is 9.94. The molecular formula is C11H18ClN3O. The zero-order chi connectivity index (χ0) is 11.8. The van der Waals surface area contributed by atoms with Gasteiger partial charge in [-0.2, -0.15) is 5.10 Å². The molecular weight excluding hydrogens is 226 g/mol. The summed E-state index contributed by atoms with van der Waals surface area (Å²) in [7, 11) is 1.92. The van der Waals surface area contributed by atoms with Gasteiger partial charge in [0.1, 0.15) is 0 Å². The molecule has 2 N–H and O–H groups in total. The van der Waals surface area contributed by atoms with E-state index in [1.165, 1.54) is 0 Å². The summed E-state index contributed by atoms with van der Waals surface area (Å²) in [5.41, 5.74) is 7.95. The summed E-state index contributed by atoms with van der Waals surface area (Å²) in [6, 6.07) is 0. The molecule has 1 unspecified atom stereocenters. The van der Waals surface area contributed by atoms with Crippen molar-refractivity contribution in [1.82, 2.24) is 9.78 Å². The average molecular weight is 244 g/mol. The van der Waals surface area contributed by atoms with Crippen LogP contribution >= 0.6 is 11.6 Å². The van der Waals surface area contributed by atoms with Gasteiger partial charge in [0.15, 0.2) is 0 Å². The third-order valence-electron chi connectivity index (χ3n) is 3.16. The number of halogens is 1. The highest BCUT2D eigenvalue weighted by Crippen LogP contribution is 2.27. The molecule has 16 heavy (non-hydrogen) atoms. The molecule has 0 radical (unpaired) electrons. The summed E-state index contributed by atoms with van der Waals surface area (Å²) in [5.74, 6) is 0. The predicted octanol–water partition coefficient (Wildman–Crippen LogP) is 1.30. The molecule has 0 aromatic carbocycles. The highest BCUT2D eigenvalue weighted by molar-refractivity contribution is 6.31. The molecule has 2 heterocycles. The third kappa shape index (κ3) is 2.10. The first-order valence-corrected chi connectivity index (χ1v) is 6.00. The van der Waals surface area contributed by atoms with E-state index in [-0.39, 0.29) is 5.54 Å². The highest BCUT2D eigenvalue weighted by Gasteiger charge is 2.32. The van der Waals surface area contributed by atoms with Crippen LogP contribution in [0.5, 0.6) is 0 Å². The van der Waals surface area contributed by atoms with Crippen LogP contribution in [0.4, 0.5) is 0 Å². The van der Waals surface area contributed by atoms with Crippen molar-refractivity contribution in [3.05, 3.63) is 16.4 Å². The second kappa shape index (κ2) is 4.35. The Hall–Kier alpha value is -0.580. The van der Waals surface area contributed by atoms with Gasteiger partial charge in [0.2, 0.25) is 0 Å². The summed E-state index contributed by atoms with van der Waals surface area (Å²) in [4.78, 5) is 0. The van der Waals surface area contributed by atoms with Gasteiger partial charge in [0.05, 0.1) is 23.0 Å². The quantitative estimate of drug-likeness (QED) is 0.871. The van der Waals surface area contributed by atoms with Crippen molar-refractivity contribution in [3.63, 3.8) is 0 Å². The Morgan fingerprint density at radius 2 is 2.38 bits per heavy atom. The van der Waals surface area contributed by atoms with Crippen molar-refractivity contribution in [2.24, 2.45) is 12.8 Å². The molecule has 90 valence electrons. The first-order chi connectivity index (χ1) is 7.56. The molecule has 1 aliphatic heterocycles. The predicted molar refractivity (Wildman–Crippen MR) is 63.7 cm³/mol. The van der Waals surface area contributed by atoms with Crippen molar-refractivity contribution < 1.29 is 4.74 Å². The van der Waals surface area contributed by atoms with Gasteiger partial charge < -0.3 is 10.5 Å². The normalized spacial score (nSPS) is 25.2. The third-order valence-corrected chi connectivity index (χ3v) is 3.59. The Morgan fingerprint density at radius 1 is 1.62 bits per heavy atom. The van der Waals surface area contributed by atoms with Crippen LogP contribution in [0.3, 0.4) is 0 Å². The van der Waals surface area contributed by atoms with E-state index < -0.39 is 0 Å². The number of nitrogens with zero attached hydrogens (tertiary/aromatic N) is 2. The first-order valence-electron chi connectivity index (χ1n) is 5.62. The van der Waals surface area contributed by atoms with Gasteiger partial charge in [-0.15, -0.1) is 0 Å². The van der Waals surface area contributed by atoms with E-state index in [1.54, 1.807) is 0 Å². The van der Waals surface area contributed by atoms with Gasteiger partial charge in [0, 0.05) is 25.6 Å².